The highest BCUT2D eigenvalue weighted by Gasteiger charge is 2.17. The van der Waals surface area contributed by atoms with Crippen LogP contribution < -0.4 is 5.32 Å². The quantitative estimate of drug-likeness (QED) is 0.894. The van der Waals surface area contributed by atoms with Crippen LogP contribution in [-0.2, 0) is 0 Å². The molecule has 1 heterocycles. The minimum absolute atomic E-state index is 0.136. The summed E-state index contributed by atoms with van der Waals surface area (Å²) in [6, 6.07) is 6.26. The summed E-state index contributed by atoms with van der Waals surface area (Å²) >= 11 is 0. The number of aryl methyl sites for hydroxylation is 1. The first-order chi connectivity index (χ1) is 9.17. The van der Waals surface area contributed by atoms with Crippen molar-refractivity contribution in [2.24, 2.45) is 0 Å². The van der Waals surface area contributed by atoms with Gasteiger partial charge in [-0.2, -0.15) is 0 Å². The maximum absolute atomic E-state index is 5.83. The van der Waals surface area contributed by atoms with Crippen LogP contribution >= 0.6 is 0 Å². The Morgan fingerprint density at radius 1 is 1.21 bits per heavy atom. The summed E-state index contributed by atoms with van der Waals surface area (Å²) in [7, 11) is 0. The molecular formula is C15H21N3O. The molecule has 0 radical (unpaired) electrons. The van der Waals surface area contributed by atoms with E-state index in [1.54, 1.807) is 0 Å². The lowest BCUT2D eigenvalue weighted by Crippen LogP contribution is -2.20. The number of hydrogen-bond donors (Lipinski definition) is 1. The second-order valence-corrected chi connectivity index (χ2v) is 4.71. The van der Waals surface area contributed by atoms with Gasteiger partial charge in [0.25, 0.3) is 0 Å². The van der Waals surface area contributed by atoms with Crippen molar-refractivity contribution >= 4 is 0 Å². The third-order valence-electron chi connectivity index (χ3n) is 3.43. The van der Waals surface area contributed by atoms with Gasteiger partial charge in [0.2, 0.25) is 11.8 Å². The maximum atomic E-state index is 5.83. The summed E-state index contributed by atoms with van der Waals surface area (Å²) in [5.74, 6) is 1.27. The van der Waals surface area contributed by atoms with Crippen LogP contribution in [0.5, 0.6) is 0 Å². The first kappa shape index (κ1) is 13.7. The minimum Gasteiger partial charge on any atom is -0.419 e. The van der Waals surface area contributed by atoms with Crippen molar-refractivity contribution in [3.8, 4) is 11.5 Å². The molecule has 19 heavy (non-hydrogen) atoms. The van der Waals surface area contributed by atoms with E-state index < -0.39 is 0 Å². The molecule has 1 aromatic heterocycles. The van der Waals surface area contributed by atoms with Gasteiger partial charge in [-0.1, -0.05) is 26.0 Å². The Hall–Kier alpha value is -1.68. The fourth-order valence-electron chi connectivity index (χ4n) is 2.12. The van der Waals surface area contributed by atoms with Crippen molar-refractivity contribution in [2.45, 2.75) is 40.2 Å². The number of nitrogens with zero attached hydrogens (tertiary/aromatic N) is 2. The molecule has 1 aromatic carbocycles. The number of rotatable bonds is 5. The van der Waals surface area contributed by atoms with E-state index in [0.717, 1.165) is 18.5 Å². The van der Waals surface area contributed by atoms with Crippen LogP contribution in [0.2, 0.25) is 0 Å². The fraction of sp³-hybridized carbons (Fsp3) is 0.467. The Morgan fingerprint density at radius 2 is 2.00 bits per heavy atom. The summed E-state index contributed by atoms with van der Waals surface area (Å²) in [6.07, 6.45) is 0.933. The molecule has 0 aliphatic carbocycles. The molecule has 1 N–H and O–H groups in total. The van der Waals surface area contributed by atoms with Crippen molar-refractivity contribution in [2.75, 3.05) is 6.54 Å². The lowest BCUT2D eigenvalue weighted by molar-refractivity contribution is 0.402. The van der Waals surface area contributed by atoms with Gasteiger partial charge in [-0.25, -0.2) is 0 Å². The molecule has 2 aromatic rings. The fourth-order valence-corrected chi connectivity index (χ4v) is 2.12. The highest BCUT2D eigenvalue weighted by Crippen LogP contribution is 2.26. The van der Waals surface area contributed by atoms with Gasteiger partial charge in [-0.05, 0) is 44.0 Å². The zero-order valence-corrected chi connectivity index (χ0v) is 12.0. The molecule has 1 atom stereocenters. The van der Waals surface area contributed by atoms with Gasteiger partial charge in [0.05, 0.1) is 6.04 Å². The average molecular weight is 259 g/mol. The van der Waals surface area contributed by atoms with Gasteiger partial charge in [0.15, 0.2) is 0 Å². The number of aromatic nitrogens is 2. The molecule has 0 saturated carbocycles. The predicted octanol–water partition coefficient (Wildman–Crippen LogP) is 3.41. The minimum atomic E-state index is 0.136. The molecule has 2 rings (SSSR count). The van der Waals surface area contributed by atoms with Gasteiger partial charge in [0.1, 0.15) is 0 Å². The monoisotopic (exact) mass is 259 g/mol. The Labute approximate surface area is 114 Å². The van der Waals surface area contributed by atoms with Gasteiger partial charge < -0.3 is 9.73 Å². The van der Waals surface area contributed by atoms with Gasteiger partial charge in [0, 0.05) is 5.56 Å². The molecular weight excluding hydrogens is 238 g/mol. The number of benzene rings is 1. The van der Waals surface area contributed by atoms with E-state index in [1.807, 2.05) is 12.1 Å². The first-order valence-electron chi connectivity index (χ1n) is 6.80. The second kappa shape index (κ2) is 5.97. The average Bonchev–Trinajstić information content (AvgIpc) is 2.88. The molecule has 0 saturated heterocycles. The number of nitrogens with one attached hydrogen (secondary N) is 1. The zero-order valence-electron chi connectivity index (χ0n) is 12.0. The summed E-state index contributed by atoms with van der Waals surface area (Å²) in [4.78, 5) is 0. The number of hydrogen-bond acceptors (Lipinski definition) is 4. The Kier molecular flexibility index (Phi) is 4.32. The molecule has 0 aliphatic heterocycles. The second-order valence-electron chi connectivity index (χ2n) is 4.71. The molecule has 1 unspecified atom stereocenters. The molecule has 4 nitrogen and oxygen atoms in total. The summed E-state index contributed by atoms with van der Waals surface area (Å²) < 4.78 is 5.83. The van der Waals surface area contributed by atoms with Gasteiger partial charge >= 0.3 is 0 Å². The van der Waals surface area contributed by atoms with E-state index in [2.05, 4.69) is 49.3 Å². The molecule has 0 aliphatic rings. The SMILES string of the molecule is CCNC(CC)c1nnc(-c2cccc(C)c2C)o1. The van der Waals surface area contributed by atoms with Crippen LogP contribution in [0, 0.1) is 13.8 Å². The van der Waals surface area contributed by atoms with Gasteiger partial charge in [-0.15, -0.1) is 10.2 Å². The molecule has 0 spiro atoms. The lowest BCUT2D eigenvalue weighted by Gasteiger charge is -2.10. The zero-order chi connectivity index (χ0) is 13.8. The third kappa shape index (κ3) is 2.84. The third-order valence-corrected chi connectivity index (χ3v) is 3.43. The topological polar surface area (TPSA) is 51.0 Å². The largest absolute Gasteiger partial charge is 0.419 e. The Bertz CT molecular complexity index is 548. The standard InChI is InChI=1S/C15H21N3O/c1-5-13(16-6-2)15-18-17-14(19-15)12-9-7-8-10(3)11(12)4/h7-9,13,16H,5-6H2,1-4H3. The normalized spacial score (nSPS) is 12.6. The van der Waals surface area contributed by atoms with Gasteiger partial charge in [-0.3, -0.25) is 0 Å². The molecule has 0 amide bonds. The highest BCUT2D eigenvalue weighted by atomic mass is 16.4. The lowest BCUT2D eigenvalue weighted by atomic mass is 10.0. The van der Waals surface area contributed by atoms with Crippen LogP contribution in [0.4, 0.5) is 0 Å². The van der Waals surface area contributed by atoms with E-state index in [0.29, 0.717) is 11.8 Å². The van der Waals surface area contributed by atoms with Crippen LogP contribution in [0.3, 0.4) is 0 Å². The Morgan fingerprint density at radius 3 is 2.68 bits per heavy atom. The highest BCUT2D eigenvalue weighted by molar-refractivity contribution is 5.59. The molecule has 0 fully saturated rings. The van der Waals surface area contributed by atoms with Crippen LogP contribution in [0.1, 0.15) is 43.3 Å². The van der Waals surface area contributed by atoms with Crippen molar-refractivity contribution in [1.82, 2.24) is 15.5 Å². The smallest absolute Gasteiger partial charge is 0.248 e. The van der Waals surface area contributed by atoms with Crippen LogP contribution in [-0.4, -0.2) is 16.7 Å². The summed E-state index contributed by atoms with van der Waals surface area (Å²) in [6.45, 7) is 9.24. The molecule has 4 heteroatoms. The van der Waals surface area contributed by atoms with Crippen LogP contribution in [0.25, 0.3) is 11.5 Å². The summed E-state index contributed by atoms with van der Waals surface area (Å²) in [5, 5.41) is 11.7. The van der Waals surface area contributed by atoms with E-state index >= 15 is 0 Å². The van der Waals surface area contributed by atoms with E-state index in [4.69, 9.17) is 4.42 Å². The molecule has 0 bridgehead atoms. The van der Waals surface area contributed by atoms with Crippen molar-refractivity contribution in [3.63, 3.8) is 0 Å². The maximum Gasteiger partial charge on any atom is 0.248 e. The first-order valence-corrected chi connectivity index (χ1v) is 6.80. The Balaban J connectivity index is 2.32. The van der Waals surface area contributed by atoms with E-state index in [1.165, 1.54) is 11.1 Å². The summed E-state index contributed by atoms with van der Waals surface area (Å²) in [5.41, 5.74) is 3.44. The van der Waals surface area contributed by atoms with Crippen molar-refractivity contribution in [3.05, 3.63) is 35.2 Å². The van der Waals surface area contributed by atoms with Crippen molar-refractivity contribution < 1.29 is 4.42 Å². The van der Waals surface area contributed by atoms with Crippen LogP contribution in [0.15, 0.2) is 22.6 Å². The van der Waals surface area contributed by atoms with E-state index in [-0.39, 0.29) is 6.04 Å². The molecule has 102 valence electrons. The van der Waals surface area contributed by atoms with E-state index in [9.17, 15) is 0 Å². The van der Waals surface area contributed by atoms with Crippen molar-refractivity contribution in [1.29, 1.82) is 0 Å². The predicted molar refractivity (Wildman–Crippen MR) is 75.9 cm³/mol.